The molecule has 0 saturated heterocycles. The molecule has 0 bridgehead atoms. The average molecular weight is 285 g/mol. The van der Waals surface area contributed by atoms with E-state index in [0.717, 1.165) is 17.6 Å². The van der Waals surface area contributed by atoms with Crippen molar-refractivity contribution >= 4 is 15.9 Å². The summed E-state index contributed by atoms with van der Waals surface area (Å²) in [6.07, 6.45) is 0. The van der Waals surface area contributed by atoms with Crippen LogP contribution in [0.3, 0.4) is 0 Å². The van der Waals surface area contributed by atoms with Gasteiger partial charge in [0, 0.05) is 23.1 Å². The first-order valence-corrected chi connectivity index (χ1v) is 6.34. The smallest absolute Gasteiger partial charge is 0.0249 e. The van der Waals surface area contributed by atoms with Crippen LogP contribution in [0.15, 0.2) is 28.7 Å². The Kier molecular flexibility index (Phi) is 4.96. The molecule has 0 saturated carbocycles. The molecule has 1 aromatic carbocycles. The van der Waals surface area contributed by atoms with Gasteiger partial charge in [-0.2, -0.15) is 0 Å². The molecule has 3 heteroatoms. The summed E-state index contributed by atoms with van der Waals surface area (Å²) in [5, 5.41) is 3.32. The first kappa shape index (κ1) is 13.7. The maximum absolute atomic E-state index is 3.45. The van der Waals surface area contributed by atoms with Gasteiger partial charge in [-0.05, 0) is 45.6 Å². The van der Waals surface area contributed by atoms with Crippen molar-refractivity contribution < 1.29 is 0 Å². The van der Waals surface area contributed by atoms with Gasteiger partial charge in [-0.25, -0.2) is 0 Å². The normalized spacial score (nSPS) is 12.1. The molecule has 0 radical (unpaired) electrons. The molecule has 1 aromatic rings. The van der Waals surface area contributed by atoms with E-state index in [2.05, 4.69) is 71.3 Å². The third-order valence-corrected chi connectivity index (χ3v) is 3.24. The lowest BCUT2D eigenvalue weighted by atomic mass is 10.1. The van der Waals surface area contributed by atoms with Crippen LogP contribution in [0.25, 0.3) is 0 Å². The zero-order valence-corrected chi connectivity index (χ0v) is 12.1. The fourth-order valence-electron chi connectivity index (χ4n) is 1.71. The molecule has 0 unspecified atom stereocenters. The number of nitrogens with one attached hydrogen (secondary N) is 1. The van der Waals surface area contributed by atoms with E-state index in [1.54, 1.807) is 0 Å². The second-order valence-electron chi connectivity index (χ2n) is 4.93. The van der Waals surface area contributed by atoms with Crippen LogP contribution in [0, 0.1) is 0 Å². The van der Waals surface area contributed by atoms with Crippen molar-refractivity contribution in [2.45, 2.75) is 25.9 Å². The fraction of sp³-hybridized carbons (Fsp3) is 0.538. The van der Waals surface area contributed by atoms with Gasteiger partial charge in [0.05, 0.1) is 0 Å². The van der Waals surface area contributed by atoms with Crippen LogP contribution in [0.1, 0.15) is 19.4 Å². The van der Waals surface area contributed by atoms with Gasteiger partial charge >= 0.3 is 0 Å². The Hall–Kier alpha value is -0.380. The van der Waals surface area contributed by atoms with Crippen LogP contribution in [-0.4, -0.2) is 31.1 Å². The summed E-state index contributed by atoms with van der Waals surface area (Å²) >= 11 is 3.45. The molecule has 1 rings (SSSR count). The lowest BCUT2D eigenvalue weighted by Gasteiger charge is -2.30. The largest absolute Gasteiger partial charge is 0.314 e. The maximum Gasteiger partial charge on any atom is 0.0249 e. The molecule has 0 aliphatic rings. The Balaban J connectivity index is 2.51. The van der Waals surface area contributed by atoms with E-state index in [4.69, 9.17) is 0 Å². The fourth-order valence-corrected chi connectivity index (χ4v) is 1.98. The molecule has 0 aromatic heterocycles. The number of hydrogen-bond donors (Lipinski definition) is 1. The molecular weight excluding hydrogens is 264 g/mol. The van der Waals surface area contributed by atoms with Gasteiger partial charge in [-0.1, -0.05) is 28.1 Å². The Morgan fingerprint density at radius 1 is 1.25 bits per heavy atom. The number of halogens is 1. The zero-order valence-electron chi connectivity index (χ0n) is 10.5. The second-order valence-corrected chi connectivity index (χ2v) is 5.85. The molecule has 0 amide bonds. The van der Waals surface area contributed by atoms with Crippen molar-refractivity contribution in [3.63, 3.8) is 0 Å². The molecule has 0 atom stereocenters. The highest BCUT2D eigenvalue weighted by molar-refractivity contribution is 9.10. The molecule has 1 N–H and O–H groups in total. The van der Waals surface area contributed by atoms with Gasteiger partial charge in [0.1, 0.15) is 0 Å². The van der Waals surface area contributed by atoms with Gasteiger partial charge in [-0.15, -0.1) is 0 Å². The van der Waals surface area contributed by atoms with E-state index in [1.165, 1.54) is 5.56 Å². The molecule has 0 spiro atoms. The van der Waals surface area contributed by atoms with Crippen LogP contribution >= 0.6 is 15.9 Å². The van der Waals surface area contributed by atoms with Gasteiger partial charge in [0.15, 0.2) is 0 Å². The van der Waals surface area contributed by atoms with Crippen molar-refractivity contribution in [2.75, 3.05) is 20.6 Å². The molecule has 16 heavy (non-hydrogen) atoms. The third-order valence-electron chi connectivity index (χ3n) is 2.71. The number of nitrogens with zero attached hydrogens (tertiary/aromatic N) is 1. The van der Waals surface area contributed by atoms with Gasteiger partial charge < -0.3 is 10.2 Å². The molecule has 2 nitrogen and oxygen atoms in total. The summed E-state index contributed by atoms with van der Waals surface area (Å²) in [6, 6.07) is 8.50. The predicted octanol–water partition coefficient (Wildman–Crippen LogP) is 2.88. The Labute approximate surface area is 107 Å². The van der Waals surface area contributed by atoms with Crippen LogP contribution in [0.4, 0.5) is 0 Å². The third kappa shape index (κ3) is 4.64. The average Bonchev–Trinajstić information content (AvgIpc) is 2.21. The van der Waals surface area contributed by atoms with Gasteiger partial charge in [-0.3, -0.25) is 0 Å². The van der Waals surface area contributed by atoms with E-state index < -0.39 is 0 Å². The lowest BCUT2D eigenvalue weighted by molar-refractivity contribution is 0.238. The van der Waals surface area contributed by atoms with Crippen molar-refractivity contribution in [3.8, 4) is 0 Å². The van der Waals surface area contributed by atoms with E-state index in [1.807, 2.05) is 7.05 Å². The highest BCUT2D eigenvalue weighted by atomic mass is 79.9. The van der Waals surface area contributed by atoms with Crippen LogP contribution in [0.5, 0.6) is 0 Å². The standard InChI is InChI=1S/C13H21BrN2/c1-13(2,15-3)10-16(4)9-11-5-7-12(14)8-6-11/h5-8,15H,9-10H2,1-4H3. The summed E-state index contributed by atoms with van der Waals surface area (Å²) in [5.74, 6) is 0. The molecule has 0 heterocycles. The topological polar surface area (TPSA) is 15.3 Å². The van der Waals surface area contributed by atoms with Crippen molar-refractivity contribution in [3.05, 3.63) is 34.3 Å². The first-order chi connectivity index (χ1) is 7.43. The summed E-state index contributed by atoms with van der Waals surface area (Å²) in [7, 11) is 4.16. The Morgan fingerprint density at radius 2 is 1.81 bits per heavy atom. The van der Waals surface area contributed by atoms with Crippen molar-refractivity contribution in [2.24, 2.45) is 0 Å². The van der Waals surface area contributed by atoms with Crippen LogP contribution in [0.2, 0.25) is 0 Å². The highest BCUT2D eigenvalue weighted by Crippen LogP contribution is 2.13. The molecule has 0 aliphatic heterocycles. The number of rotatable bonds is 5. The van der Waals surface area contributed by atoms with Gasteiger partial charge in [0.25, 0.3) is 0 Å². The van der Waals surface area contributed by atoms with E-state index in [0.29, 0.717) is 0 Å². The Bertz CT molecular complexity index is 319. The minimum Gasteiger partial charge on any atom is -0.314 e. The lowest BCUT2D eigenvalue weighted by Crippen LogP contribution is -2.46. The van der Waals surface area contributed by atoms with E-state index in [-0.39, 0.29) is 5.54 Å². The zero-order chi connectivity index (χ0) is 12.2. The first-order valence-electron chi connectivity index (χ1n) is 5.55. The van der Waals surface area contributed by atoms with Crippen molar-refractivity contribution in [1.82, 2.24) is 10.2 Å². The number of hydrogen-bond acceptors (Lipinski definition) is 2. The van der Waals surface area contributed by atoms with E-state index >= 15 is 0 Å². The maximum atomic E-state index is 3.45. The van der Waals surface area contributed by atoms with Crippen LogP contribution in [-0.2, 0) is 6.54 Å². The summed E-state index contributed by atoms with van der Waals surface area (Å²) in [4.78, 5) is 2.33. The molecule has 90 valence electrons. The second kappa shape index (κ2) is 5.80. The SMILES string of the molecule is CNC(C)(C)CN(C)Cc1ccc(Br)cc1. The highest BCUT2D eigenvalue weighted by Gasteiger charge is 2.16. The monoisotopic (exact) mass is 284 g/mol. The van der Waals surface area contributed by atoms with Crippen LogP contribution < -0.4 is 5.32 Å². The molecule has 0 fully saturated rings. The molecular formula is C13H21BrN2. The predicted molar refractivity (Wildman–Crippen MR) is 73.6 cm³/mol. The Morgan fingerprint density at radius 3 is 2.31 bits per heavy atom. The number of likely N-dealkylation sites (N-methyl/N-ethyl adjacent to an activating group) is 2. The van der Waals surface area contributed by atoms with Crippen molar-refractivity contribution in [1.29, 1.82) is 0 Å². The number of benzene rings is 1. The van der Waals surface area contributed by atoms with E-state index in [9.17, 15) is 0 Å². The quantitative estimate of drug-likeness (QED) is 0.895. The van der Waals surface area contributed by atoms with Gasteiger partial charge in [0.2, 0.25) is 0 Å². The summed E-state index contributed by atoms with van der Waals surface area (Å²) in [5.41, 5.74) is 1.50. The summed E-state index contributed by atoms with van der Waals surface area (Å²) < 4.78 is 1.13. The minimum absolute atomic E-state index is 0.157. The minimum atomic E-state index is 0.157. The molecule has 0 aliphatic carbocycles. The summed E-state index contributed by atoms with van der Waals surface area (Å²) in [6.45, 7) is 6.44.